The van der Waals surface area contributed by atoms with Gasteiger partial charge in [0.1, 0.15) is 0 Å². The molecule has 1 aliphatic rings. The molecule has 7 heteroatoms. The summed E-state index contributed by atoms with van der Waals surface area (Å²) in [6.07, 6.45) is 3.09. The van der Waals surface area contributed by atoms with Crippen LogP contribution in [0.4, 0.5) is 0 Å². The van der Waals surface area contributed by atoms with E-state index in [2.05, 4.69) is 68.2 Å². The predicted octanol–water partition coefficient (Wildman–Crippen LogP) is 3.37. The maximum Gasteiger partial charge on any atom is 0.193 e. The van der Waals surface area contributed by atoms with E-state index in [1.165, 1.54) is 5.56 Å². The van der Waals surface area contributed by atoms with E-state index in [1.807, 2.05) is 18.8 Å². The van der Waals surface area contributed by atoms with Crippen molar-refractivity contribution in [2.75, 3.05) is 21.2 Å². The molecule has 0 radical (unpaired) electrons. The number of methoxy groups -OCH3 is 1. The van der Waals surface area contributed by atoms with Crippen LogP contribution in [0.1, 0.15) is 58.2 Å². The summed E-state index contributed by atoms with van der Waals surface area (Å²) in [5, 5.41) is 8.23. The number of hydrogen-bond acceptors (Lipinski definition) is 3. The molecule has 0 spiro atoms. The Balaban J connectivity index is 0.00000338. The smallest absolute Gasteiger partial charge is 0.193 e. The minimum Gasteiger partial charge on any atom is -0.378 e. The van der Waals surface area contributed by atoms with Crippen molar-refractivity contribution in [1.29, 1.82) is 0 Å². The molecule has 1 heterocycles. The number of nitrogens with zero attached hydrogens (tertiary/aromatic N) is 4. The SMILES string of the molecule is CN=C(NC1CC(C)(OC)C1(C)C)N(C)Cc1cn(C)nc1C(C)C.I. The van der Waals surface area contributed by atoms with Gasteiger partial charge < -0.3 is 15.0 Å². The summed E-state index contributed by atoms with van der Waals surface area (Å²) in [5.74, 6) is 1.32. The molecule has 1 aliphatic carbocycles. The van der Waals surface area contributed by atoms with Gasteiger partial charge in [-0.3, -0.25) is 9.67 Å². The van der Waals surface area contributed by atoms with Crippen molar-refractivity contribution in [1.82, 2.24) is 20.0 Å². The number of hydrogen-bond donors (Lipinski definition) is 1. The first-order valence-electron chi connectivity index (χ1n) is 9.07. The summed E-state index contributed by atoms with van der Waals surface area (Å²) >= 11 is 0. The number of guanidine groups is 1. The molecule has 1 N–H and O–H groups in total. The second-order valence-electron chi connectivity index (χ2n) is 8.33. The van der Waals surface area contributed by atoms with E-state index >= 15 is 0 Å². The molecule has 1 saturated carbocycles. The van der Waals surface area contributed by atoms with Crippen molar-refractivity contribution in [2.45, 2.75) is 65.1 Å². The summed E-state index contributed by atoms with van der Waals surface area (Å²) in [6.45, 7) is 11.8. The summed E-state index contributed by atoms with van der Waals surface area (Å²) in [7, 11) is 7.69. The van der Waals surface area contributed by atoms with E-state index in [9.17, 15) is 0 Å². The van der Waals surface area contributed by atoms with Crippen molar-refractivity contribution in [3.8, 4) is 0 Å². The maximum absolute atomic E-state index is 5.73. The van der Waals surface area contributed by atoms with Gasteiger partial charge in [0.15, 0.2) is 5.96 Å². The summed E-state index contributed by atoms with van der Waals surface area (Å²) in [4.78, 5) is 6.66. The van der Waals surface area contributed by atoms with E-state index in [4.69, 9.17) is 4.74 Å². The van der Waals surface area contributed by atoms with Gasteiger partial charge in [0.25, 0.3) is 0 Å². The summed E-state index contributed by atoms with van der Waals surface area (Å²) in [6, 6.07) is 0.345. The zero-order valence-electron chi connectivity index (χ0n) is 17.8. The molecule has 0 amide bonds. The van der Waals surface area contributed by atoms with Crippen LogP contribution in [0.5, 0.6) is 0 Å². The lowest BCUT2D eigenvalue weighted by molar-refractivity contribution is -0.176. The van der Waals surface area contributed by atoms with Crippen molar-refractivity contribution >= 4 is 29.9 Å². The van der Waals surface area contributed by atoms with Gasteiger partial charge in [0, 0.05) is 58.0 Å². The Kier molecular flexibility index (Phi) is 7.55. The van der Waals surface area contributed by atoms with Crippen LogP contribution in [-0.4, -0.2) is 53.5 Å². The molecule has 1 aromatic heterocycles. The van der Waals surface area contributed by atoms with Crippen molar-refractivity contribution in [3.05, 3.63) is 17.5 Å². The molecule has 6 nitrogen and oxygen atoms in total. The maximum atomic E-state index is 5.73. The molecule has 1 fully saturated rings. The first-order chi connectivity index (χ1) is 11.6. The van der Waals surface area contributed by atoms with Gasteiger partial charge >= 0.3 is 0 Å². The van der Waals surface area contributed by atoms with Gasteiger partial charge in [0.05, 0.1) is 11.3 Å². The number of rotatable bonds is 5. The number of halogens is 1. The highest BCUT2D eigenvalue weighted by molar-refractivity contribution is 14.0. The van der Waals surface area contributed by atoms with Gasteiger partial charge in [-0.15, -0.1) is 24.0 Å². The zero-order valence-corrected chi connectivity index (χ0v) is 20.1. The van der Waals surface area contributed by atoms with Gasteiger partial charge in [-0.1, -0.05) is 27.7 Å². The molecule has 150 valence electrons. The quantitative estimate of drug-likeness (QED) is 0.402. The highest BCUT2D eigenvalue weighted by Crippen LogP contribution is 2.51. The predicted molar refractivity (Wildman–Crippen MR) is 118 cm³/mol. The third-order valence-corrected chi connectivity index (χ3v) is 6.05. The Labute approximate surface area is 175 Å². The lowest BCUT2D eigenvalue weighted by Crippen LogP contribution is -2.69. The average Bonchev–Trinajstić information content (AvgIpc) is 2.91. The van der Waals surface area contributed by atoms with Crippen LogP contribution >= 0.6 is 24.0 Å². The standard InChI is InChI=1S/C19H35N5O.HI/c1-13(2)16-14(12-24(8)22-16)11-23(7)17(20-6)21-15-10-19(5,25-9)18(15,3)4;/h12-13,15H,10-11H2,1-9H3,(H,20,21);1H. The van der Waals surface area contributed by atoms with Gasteiger partial charge in [-0.05, 0) is 19.3 Å². The second-order valence-corrected chi connectivity index (χ2v) is 8.33. The first-order valence-corrected chi connectivity index (χ1v) is 9.07. The van der Waals surface area contributed by atoms with E-state index < -0.39 is 0 Å². The lowest BCUT2D eigenvalue weighted by Gasteiger charge is -2.59. The van der Waals surface area contributed by atoms with Crippen molar-refractivity contribution in [3.63, 3.8) is 0 Å². The molecular formula is C19H36IN5O. The van der Waals surface area contributed by atoms with Gasteiger partial charge in [-0.2, -0.15) is 5.10 Å². The third kappa shape index (κ3) is 4.18. The minimum absolute atomic E-state index is 0. The normalized spacial score (nSPS) is 24.8. The molecule has 26 heavy (non-hydrogen) atoms. The molecule has 0 saturated heterocycles. The van der Waals surface area contributed by atoms with Gasteiger partial charge in [-0.25, -0.2) is 0 Å². The topological polar surface area (TPSA) is 54.7 Å². The minimum atomic E-state index is -0.0871. The average molecular weight is 477 g/mol. The molecule has 2 unspecified atom stereocenters. The number of aromatic nitrogens is 2. The summed E-state index contributed by atoms with van der Waals surface area (Å²) < 4.78 is 7.63. The van der Waals surface area contributed by atoms with Crippen molar-refractivity contribution in [2.24, 2.45) is 17.5 Å². The Morgan fingerprint density at radius 2 is 2.08 bits per heavy atom. The van der Waals surface area contributed by atoms with Crippen molar-refractivity contribution < 1.29 is 4.74 Å². The molecule has 1 aromatic rings. The fourth-order valence-corrected chi connectivity index (χ4v) is 3.72. The molecule has 2 atom stereocenters. The van der Waals surface area contributed by atoms with Crippen LogP contribution in [-0.2, 0) is 18.3 Å². The Bertz CT molecular complexity index is 640. The Morgan fingerprint density at radius 1 is 1.46 bits per heavy atom. The highest BCUT2D eigenvalue weighted by Gasteiger charge is 2.58. The van der Waals surface area contributed by atoms with Crippen LogP contribution in [0.3, 0.4) is 0 Å². The fraction of sp³-hybridized carbons (Fsp3) is 0.789. The van der Waals surface area contributed by atoms with Crippen LogP contribution < -0.4 is 5.32 Å². The number of aliphatic imine (C=N–C) groups is 1. The zero-order chi connectivity index (χ0) is 19.0. The number of nitrogens with one attached hydrogen (secondary N) is 1. The Hall–Kier alpha value is -0.830. The fourth-order valence-electron chi connectivity index (χ4n) is 3.72. The van der Waals surface area contributed by atoms with Crippen LogP contribution in [0, 0.1) is 5.41 Å². The molecule has 0 aromatic carbocycles. The number of ether oxygens (including phenoxy) is 1. The Morgan fingerprint density at radius 3 is 2.54 bits per heavy atom. The van der Waals surface area contributed by atoms with E-state index in [1.54, 1.807) is 7.11 Å². The third-order valence-electron chi connectivity index (χ3n) is 6.05. The monoisotopic (exact) mass is 477 g/mol. The molecule has 0 aliphatic heterocycles. The number of aryl methyl sites for hydroxylation is 1. The molecule has 0 bridgehead atoms. The highest BCUT2D eigenvalue weighted by atomic mass is 127. The lowest BCUT2D eigenvalue weighted by atomic mass is 9.56. The van der Waals surface area contributed by atoms with Crippen LogP contribution in [0.15, 0.2) is 11.2 Å². The second kappa shape index (κ2) is 8.46. The van der Waals surface area contributed by atoms with Crippen LogP contribution in [0.25, 0.3) is 0 Å². The molecule has 2 rings (SSSR count). The summed E-state index contributed by atoms with van der Waals surface area (Å²) in [5.41, 5.74) is 2.37. The largest absolute Gasteiger partial charge is 0.378 e. The molecular weight excluding hydrogens is 441 g/mol. The first kappa shape index (κ1) is 23.2. The van der Waals surface area contributed by atoms with E-state index in [-0.39, 0.29) is 35.0 Å². The van der Waals surface area contributed by atoms with Gasteiger partial charge in [0.2, 0.25) is 0 Å². The van der Waals surface area contributed by atoms with E-state index in [0.29, 0.717) is 12.0 Å². The van der Waals surface area contributed by atoms with Crippen LogP contribution in [0.2, 0.25) is 0 Å². The van der Waals surface area contributed by atoms with E-state index in [0.717, 1.165) is 24.6 Å².